The van der Waals surface area contributed by atoms with Gasteiger partial charge >= 0.3 is 0 Å². The predicted octanol–water partition coefficient (Wildman–Crippen LogP) is 2.76. The van der Waals surface area contributed by atoms with E-state index in [-0.39, 0.29) is 22.8 Å². The molecule has 0 amide bonds. The van der Waals surface area contributed by atoms with Gasteiger partial charge in [0.05, 0.1) is 16.3 Å². The van der Waals surface area contributed by atoms with E-state index in [2.05, 4.69) is 0 Å². The topological polar surface area (TPSA) is 63.4 Å². The summed E-state index contributed by atoms with van der Waals surface area (Å²) in [6, 6.07) is 8.41. The van der Waals surface area contributed by atoms with Gasteiger partial charge in [-0.25, -0.2) is 17.2 Å². The molecule has 0 aliphatic heterocycles. The third kappa shape index (κ3) is 2.97. The summed E-state index contributed by atoms with van der Waals surface area (Å²) in [6.45, 7) is 1.72. The second-order valence-corrected chi connectivity index (χ2v) is 6.20. The molecule has 0 aromatic heterocycles. The van der Waals surface area contributed by atoms with Gasteiger partial charge in [0.15, 0.2) is 0 Å². The first-order valence-electron chi connectivity index (χ1n) is 6.19. The zero-order chi connectivity index (χ0) is 15.6. The third-order valence-corrected chi connectivity index (χ3v) is 4.84. The maximum Gasteiger partial charge on any atom is 0.264 e. The second kappa shape index (κ2) is 5.69. The minimum atomic E-state index is -3.94. The Morgan fingerprint density at radius 2 is 1.86 bits per heavy atom. The largest absolute Gasteiger partial charge is 0.396 e. The fourth-order valence-corrected chi connectivity index (χ4v) is 3.43. The van der Waals surface area contributed by atoms with Gasteiger partial charge in [0, 0.05) is 6.54 Å². The van der Waals surface area contributed by atoms with Gasteiger partial charge < -0.3 is 5.73 Å². The van der Waals surface area contributed by atoms with Crippen molar-refractivity contribution in [3.63, 3.8) is 0 Å². The summed E-state index contributed by atoms with van der Waals surface area (Å²) in [6.07, 6.45) is 0. The molecule has 21 heavy (non-hydrogen) atoms. The van der Waals surface area contributed by atoms with Crippen LogP contribution in [-0.2, 0) is 10.0 Å². The molecule has 0 fully saturated rings. The summed E-state index contributed by atoms with van der Waals surface area (Å²) in [5, 5.41) is 0. The summed E-state index contributed by atoms with van der Waals surface area (Å²) in [7, 11) is -3.94. The SMILES string of the molecule is CCN(c1cccc(F)c1)S(=O)(=O)c1ccc(F)c(N)c1. The van der Waals surface area contributed by atoms with Crippen molar-refractivity contribution < 1.29 is 17.2 Å². The van der Waals surface area contributed by atoms with E-state index in [9.17, 15) is 17.2 Å². The molecule has 2 aromatic rings. The highest BCUT2D eigenvalue weighted by molar-refractivity contribution is 7.92. The molecule has 0 saturated heterocycles. The predicted molar refractivity (Wildman–Crippen MR) is 77.4 cm³/mol. The standard InChI is InChI=1S/C14H14F2N2O2S/c1-2-18(11-5-3-4-10(15)8-11)21(19,20)12-6-7-13(16)14(17)9-12/h3-9H,2,17H2,1H3. The Kier molecular flexibility index (Phi) is 4.13. The molecule has 2 aromatic carbocycles. The average Bonchev–Trinajstić information content (AvgIpc) is 2.42. The van der Waals surface area contributed by atoms with E-state index in [1.165, 1.54) is 18.2 Å². The molecule has 0 spiro atoms. The van der Waals surface area contributed by atoms with Crippen LogP contribution in [0.2, 0.25) is 0 Å². The Labute approximate surface area is 121 Å². The Hall–Kier alpha value is -2.15. The Morgan fingerprint density at radius 1 is 1.14 bits per heavy atom. The highest BCUT2D eigenvalue weighted by atomic mass is 32.2. The van der Waals surface area contributed by atoms with Crippen molar-refractivity contribution in [3.05, 3.63) is 54.1 Å². The number of nitrogens with zero attached hydrogens (tertiary/aromatic N) is 1. The number of nitrogens with two attached hydrogens (primary N) is 1. The summed E-state index contributed by atoms with van der Waals surface area (Å²) >= 11 is 0. The quantitative estimate of drug-likeness (QED) is 0.883. The van der Waals surface area contributed by atoms with Crippen LogP contribution >= 0.6 is 0 Å². The number of halogens is 2. The van der Waals surface area contributed by atoms with E-state index < -0.39 is 21.7 Å². The molecule has 0 radical (unpaired) electrons. The van der Waals surface area contributed by atoms with Crippen molar-refractivity contribution in [1.82, 2.24) is 0 Å². The van der Waals surface area contributed by atoms with Crippen molar-refractivity contribution in [2.45, 2.75) is 11.8 Å². The first-order valence-corrected chi connectivity index (χ1v) is 7.63. The monoisotopic (exact) mass is 312 g/mol. The van der Waals surface area contributed by atoms with E-state index in [0.29, 0.717) is 0 Å². The van der Waals surface area contributed by atoms with Crippen molar-refractivity contribution in [3.8, 4) is 0 Å². The van der Waals surface area contributed by atoms with Crippen LogP contribution < -0.4 is 10.0 Å². The lowest BCUT2D eigenvalue weighted by molar-refractivity contribution is 0.590. The van der Waals surface area contributed by atoms with Gasteiger partial charge in [-0.2, -0.15) is 0 Å². The van der Waals surface area contributed by atoms with E-state index in [1.54, 1.807) is 6.92 Å². The van der Waals surface area contributed by atoms with Gasteiger partial charge in [0.25, 0.3) is 10.0 Å². The van der Waals surface area contributed by atoms with Gasteiger partial charge in [-0.3, -0.25) is 4.31 Å². The molecule has 0 aliphatic rings. The van der Waals surface area contributed by atoms with E-state index in [1.807, 2.05) is 0 Å². The number of rotatable bonds is 4. The smallest absolute Gasteiger partial charge is 0.264 e. The first kappa shape index (κ1) is 15.2. The zero-order valence-corrected chi connectivity index (χ0v) is 12.1. The average molecular weight is 312 g/mol. The first-order chi connectivity index (χ1) is 9.86. The van der Waals surface area contributed by atoms with Crippen LogP contribution in [0.5, 0.6) is 0 Å². The molecule has 0 saturated carbocycles. The zero-order valence-electron chi connectivity index (χ0n) is 11.3. The Bertz CT molecular complexity index is 763. The minimum absolute atomic E-state index is 0.100. The Balaban J connectivity index is 2.51. The van der Waals surface area contributed by atoms with Gasteiger partial charge in [-0.15, -0.1) is 0 Å². The molecule has 0 aliphatic carbocycles. The molecule has 0 unspecified atom stereocenters. The summed E-state index contributed by atoms with van der Waals surface area (Å²) < 4.78 is 52.6. The molecule has 2 N–H and O–H groups in total. The van der Waals surface area contributed by atoms with Crippen LogP contribution in [0, 0.1) is 11.6 Å². The molecular weight excluding hydrogens is 298 g/mol. The highest BCUT2D eigenvalue weighted by Gasteiger charge is 2.24. The maximum absolute atomic E-state index is 13.3. The fourth-order valence-electron chi connectivity index (χ4n) is 1.93. The molecular formula is C14H14F2N2O2S. The number of nitrogen functional groups attached to an aromatic ring is 1. The van der Waals surface area contributed by atoms with Gasteiger partial charge in [0.2, 0.25) is 0 Å². The van der Waals surface area contributed by atoms with Crippen molar-refractivity contribution >= 4 is 21.4 Å². The normalized spacial score (nSPS) is 11.4. The molecule has 4 nitrogen and oxygen atoms in total. The lowest BCUT2D eigenvalue weighted by atomic mass is 10.3. The van der Waals surface area contributed by atoms with Gasteiger partial charge in [-0.1, -0.05) is 6.07 Å². The number of hydrogen-bond donors (Lipinski definition) is 1. The number of hydrogen-bond acceptors (Lipinski definition) is 3. The molecule has 112 valence electrons. The third-order valence-electron chi connectivity index (χ3n) is 2.94. The lowest BCUT2D eigenvalue weighted by Crippen LogP contribution is -2.30. The van der Waals surface area contributed by atoms with Crippen molar-refractivity contribution in [1.29, 1.82) is 0 Å². The molecule has 0 atom stereocenters. The Morgan fingerprint density at radius 3 is 2.43 bits per heavy atom. The molecule has 7 heteroatoms. The van der Waals surface area contributed by atoms with Crippen molar-refractivity contribution in [2.24, 2.45) is 0 Å². The van der Waals surface area contributed by atoms with Crippen LogP contribution in [0.15, 0.2) is 47.4 Å². The second-order valence-electron chi connectivity index (χ2n) is 4.33. The number of anilines is 2. The summed E-state index contributed by atoms with van der Waals surface area (Å²) in [5.74, 6) is -1.23. The highest BCUT2D eigenvalue weighted by Crippen LogP contribution is 2.25. The fraction of sp³-hybridized carbons (Fsp3) is 0.143. The van der Waals surface area contributed by atoms with Crippen LogP contribution in [0.25, 0.3) is 0 Å². The summed E-state index contributed by atoms with van der Waals surface area (Å²) in [5.41, 5.74) is 5.34. The van der Waals surface area contributed by atoms with Crippen LogP contribution in [0.1, 0.15) is 6.92 Å². The number of sulfonamides is 1. The van der Waals surface area contributed by atoms with Gasteiger partial charge in [-0.05, 0) is 43.3 Å². The molecule has 0 heterocycles. The van der Waals surface area contributed by atoms with Crippen LogP contribution in [0.4, 0.5) is 20.2 Å². The van der Waals surface area contributed by atoms with Crippen LogP contribution in [-0.4, -0.2) is 15.0 Å². The van der Waals surface area contributed by atoms with Crippen molar-refractivity contribution in [2.75, 3.05) is 16.6 Å². The van der Waals surface area contributed by atoms with Gasteiger partial charge in [0.1, 0.15) is 11.6 Å². The van der Waals surface area contributed by atoms with E-state index >= 15 is 0 Å². The molecule has 0 bridgehead atoms. The van der Waals surface area contributed by atoms with E-state index in [4.69, 9.17) is 5.73 Å². The molecule has 2 rings (SSSR count). The van der Waals surface area contributed by atoms with Crippen LogP contribution in [0.3, 0.4) is 0 Å². The summed E-state index contributed by atoms with van der Waals surface area (Å²) in [4.78, 5) is -0.146. The number of benzene rings is 2. The maximum atomic E-state index is 13.3. The minimum Gasteiger partial charge on any atom is -0.396 e. The lowest BCUT2D eigenvalue weighted by Gasteiger charge is -2.23. The van der Waals surface area contributed by atoms with E-state index in [0.717, 1.165) is 28.6 Å².